The zero-order chi connectivity index (χ0) is 14.7. The monoisotopic (exact) mass is 288 g/mol. The van der Waals surface area contributed by atoms with E-state index in [0.717, 1.165) is 19.3 Å². The molecule has 0 bridgehead atoms. The lowest BCUT2D eigenvalue weighted by atomic mass is 10.3. The van der Waals surface area contributed by atoms with Crippen LogP contribution in [-0.2, 0) is 19.0 Å². The molecule has 1 unspecified atom stereocenters. The maximum absolute atomic E-state index is 11.4. The Hall–Kier alpha value is -0.653. The van der Waals surface area contributed by atoms with Gasteiger partial charge in [-0.05, 0) is 27.2 Å². The smallest absolute Gasteiger partial charge is 0.330 e. The third-order valence-electron chi connectivity index (χ3n) is 2.83. The van der Waals surface area contributed by atoms with Crippen LogP contribution in [0.5, 0.6) is 0 Å². The molecule has 0 saturated carbocycles. The van der Waals surface area contributed by atoms with E-state index in [9.17, 15) is 4.79 Å². The maximum Gasteiger partial charge on any atom is 0.330 e. The number of unbranched alkanes of at least 4 members (excludes halogenated alkanes) is 1. The normalized spacial score (nSPS) is 13.7. The summed E-state index contributed by atoms with van der Waals surface area (Å²) in [5.74, 6) is -0.357. The summed E-state index contributed by atoms with van der Waals surface area (Å²) >= 11 is 0. The molecule has 0 saturated heterocycles. The van der Waals surface area contributed by atoms with Gasteiger partial charge in [0.15, 0.2) is 0 Å². The molecule has 0 aromatic heterocycles. The first-order valence-electron chi connectivity index (χ1n) is 7.12. The van der Waals surface area contributed by atoms with Crippen LogP contribution in [0, 0.1) is 0 Å². The van der Waals surface area contributed by atoms with Gasteiger partial charge in [0, 0.05) is 19.3 Å². The molecule has 0 fully saturated rings. The molecule has 0 aliphatic carbocycles. The number of carbonyl (C=O) groups is 1. The fraction of sp³-hybridized carbons (Fsp3) is 0.786. The zero-order valence-electron chi connectivity index (χ0n) is 12.7. The van der Waals surface area contributed by atoms with E-state index >= 15 is 0 Å². The molecule has 19 heavy (non-hydrogen) atoms. The van der Waals surface area contributed by atoms with Crippen LogP contribution < -0.4 is 0 Å². The summed E-state index contributed by atoms with van der Waals surface area (Å²) < 4.78 is 16.9. The minimum absolute atomic E-state index is 0.0615. The molecule has 0 radical (unpaired) electrons. The van der Waals surface area contributed by atoms with Crippen LogP contribution in [0.25, 0.3) is 0 Å². The molecule has 0 rings (SSSR count). The van der Waals surface area contributed by atoms with Crippen molar-refractivity contribution in [3.05, 3.63) is 12.7 Å². The van der Waals surface area contributed by atoms with Crippen molar-refractivity contribution in [2.75, 3.05) is 13.2 Å². The highest BCUT2D eigenvalue weighted by atomic mass is 28.2. The van der Waals surface area contributed by atoms with Crippen LogP contribution in [0.1, 0.15) is 47.0 Å². The minimum atomic E-state index is -0.887. The summed E-state index contributed by atoms with van der Waals surface area (Å²) in [7, 11) is -0.887. The molecule has 112 valence electrons. The predicted molar refractivity (Wildman–Crippen MR) is 79.8 cm³/mol. The van der Waals surface area contributed by atoms with Gasteiger partial charge in [0.25, 0.3) is 0 Å². The predicted octanol–water partition coefficient (Wildman–Crippen LogP) is 2.15. The van der Waals surface area contributed by atoms with Gasteiger partial charge in [-0.25, -0.2) is 4.79 Å². The summed E-state index contributed by atoms with van der Waals surface area (Å²) in [6, 6.07) is 0. The van der Waals surface area contributed by atoms with Crippen molar-refractivity contribution >= 4 is 15.5 Å². The highest BCUT2D eigenvalue weighted by Crippen LogP contribution is 2.16. The lowest BCUT2D eigenvalue weighted by Crippen LogP contribution is -2.46. The Morgan fingerprint density at radius 3 is 2.32 bits per heavy atom. The summed E-state index contributed by atoms with van der Waals surface area (Å²) in [6.45, 7) is 12.6. The molecule has 5 heteroatoms. The van der Waals surface area contributed by atoms with Crippen molar-refractivity contribution in [2.45, 2.75) is 58.1 Å². The fourth-order valence-electron chi connectivity index (χ4n) is 2.03. The van der Waals surface area contributed by atoms with Crippen LogP contribution in [0.3, 0.4) is 0 Å². The standard InChI is InChI=1S/C14H28O4Si/c1-6-10-11-13(18-12(15)7-2)19-14(5,16-8-3)17-9-4/h7,13H,2,6,8-11,19H2,1,3-5H3. The molecule has 0 spiro atoms. The maximum atomic E-state index is 11.4. The Bertz CT molecular complexity index is 262. The van der Waals surface area contributed by atoms with E-state index in [-0.39, 0.29) is 11.7 Å². The van der Waals surface area contributed by atoms with Gasteiger partial charge in [-0.2, -0.15) is 0 Å². The van der Waals surface area contributed by atoms with Crippen LogP contribution in [0.4, 0.5) is 0 Å². The molecule has 4 nitrogen and oxygen atoms in total. The fourth-order valence-corrected chi connectivity index (χ4v) is 4.24. The Morgan fingerprint density at radius 1 is 1.32 bits per heavy atom. The number of rotatable bonds is 11. The SMILES string of the molecule is C=CC(=O)OC(CCCC)[SiH2]C(C)(OCC)OCC. The van der Waals surface area contributed by atoms with Gasteiger partial charge in [-0.3, -0.25) is 0 Å². The van der Waals surface area contributed by atoms with Gasteiger partial charge in [-0.1, -0.05) is 26.3 Å². The van der Waals surface area contributed by atoms with E-state index < -0.39 is 14.9 Å². The summed E-state index contributed by atoms with van der Waals surface area (Å²) in [5.41, 5.74) is -0.628. The zero-order valence-corrected chi connectivity index (χ0v) is 14.2. The van der Waals surface area contributed by atoms with Crippen molar-refractivity contribution in [3.8, 4) is 0 Å². The van der Waals surface area contributed by atoms with Crippen LogP contribution in [-0.4, -0.2) is 39.8 Å². The molecule has 1 atom stereocenters. The quantitative estimate of drug-likeness (QED) is 0.253. The number of esters is 1. The van der Waals surface area contributed by atoms with E-state index in [1.807, 2.05) is 20.8 Å². The first-order chi connectivity index (χ1) is 9.01. The van der Waals surface area contributed by atoms with E-state index in [4.69, 9.17) is 14.2 Å². The molecule has 0 aromatic carbocycles. The van der Waals surface area contributed by atoms with Crippen molar-refractivity contribution in [3.63, 3.8) is 0 Å². The number of ether oxygens (including phenoxy) is 3. The first-order valence-corrected chi connectivity index (χ1v) is 8.64. The molecular formula is C14H28O4Si. The van der Waals surface area contributed by atoms with E-state index in [0.29, 0.717) is 13.2 Å². The Morgan fingerprint density at radius 2 is 1.89 bits per heavy atom. The highest BCUT2D eigenvalue weighted by molar-refractivity contribution is 6.40. The third kappa shape index (κ3) is 8.18. The Kier molecular flexibility index (Phi) is 9.82. The number of carbonyl (C=O) groups excluding carboxylic acids is 1. The second-order valence-corrected chi connectivity index (χ2v) is 7.21. The summed E-state index contributed by atoms with van der Waals surface area (Å²) in [4.78, 5) is 11.4. The topological polar surface area (TPSA) is 44.8 Å². The van der Waals surface area contributed by atoms with Crippen molar-refractivity contribution in [1.29, 1.82) is 0 Å². The third-order valence-corrected chi connectivity index (χ3v) is 5.01. The molecule has 0 aromatic rings. The highest BCUT2D eigenvalue weighted by Gasteiger charge is 2.31. The summed E-state index contributed by atoms with van der Waals surface area (Å²) in [5, 5.41) is 0. The number of hydrogen-bond donors (Lipinski definition) is 0. The van der Waals surface area contributed by atoms with E-state index in [1.54, 1.807) is 0 Å². The molecule has 0 aliphatic rings. The van der Waals surface area contributed by atoms with Crippen LogP contribution in [0.15, 0.2) is 12.7 Å². The van der Waals surface area contributed by atoms with Crippen LogP contribution >= 0.6 is 0 Å². The van der Waals surface area contributed by atoms with Crippen molar-refractivity contribution in [2.24, 2.45) is 0 Å². The van der Waals surface area contributed by atoms with Gasteiger partial charge in [0.05, 0.1) is 5.73 Å². The van der Waals surface area contributed by atoms with Gasteiger partial charge < -0.3 is 14.2 Å². The van der Waals surface area contributed by atoms with E-state index in [1.165, 1.54) is 6.08 Å². The largest absolute Gasteiger partial charge is 0.464 e. The average molecular weight is 288 g/mol. The molecule has 0 heterocycles. The Labute approximate surface area is 119 Å². The second kappa shape index (κ2) is 10.2. The van der Waals surface area contributed by atoms with Gasteiger partial charge in [0.1, 0.15) is 14.9 Å². The first kappa shape index (κ1) is 18.3. The van der Waals surface area contributed by atoms with Crippen molar-refractivity contribution < 1.29 is 19.0 Å². The molecule has 0 N–H and O–H groups in total. The average Bonchev–Trinajstić information content (AvgIpc) is 2.36. The minimum Gasteiger partial charge on any atom is -0.464 e. The van der Waals surface area contributed by atoms with E-state index in [2.05, 4.69) is 13.5 Å². The van der Waals surface area contributed by atoms with Crippen molar-refractivity contribution in [1.82, 2.24) is 0 Å². The van der Waals surface area contributed by atoms with Gasteiger partial charge in [0.2, 0.25) is 0 Å². The molecule has 0 aliphatic heterocycles. The summed E-state index contributed by atoms with van der Waals surface area (Å²) in [6.07, 6.45) is 4.21. The van der Waals surface area contributed by atoms with Gasteiger partial charge >= 0.3 is 5.97 Å². The lowest BCUT2D eigenvalue weighted by molar-refractivity contribution is -0.166. The number of hydrogen-bond acceptors (Lipinski definition) is 4. The Balaban J connectivity index is 4.62. The van der Waals surface area contributed by atoms with Crippen LogP contribution in [0.2, 0.25) is 0 Å². The molecular weight excluding hydrogens is 260 g/mol. The van der Waals surface area contributed by atoms with Gasteiger partial charge in [-0.15, -0.1) is 0 Å². The molecule has 0 amide bonds. The second-order valence-electron chi connectivity index (χ2n) is 4.61. The lowest BCUT2D eigenvalue weighted by Gasteiger charge is -2.32.